The number of aryl methyl sites for hydroxylation is 1. The lowest BCUT2D eigenvalue weighted by Crippen LogP contribution is -2.36. The van der Waals surface area contributed by atoms with Crippen LogP contribution in [0.2, 0.25) is 0 Å². The number of ether oxygens (including phenoxy) is 3. The number of methoxy groups -OCH3 is 1. The van der Waals surface area contributed by atoms with Crippen molar-refractivity contribution in [1.82, 2.24) is 9.88 Å². The van der Waals surface area contributed by atoms with E-state index in [9.17, 15) is 0 Å². The Balaban J connectivity index is 1.39. The van der Waals surface area contributed by atoms with Crippen LogP contribution >= 0.6 is 11.3 Å². The summed E-state index contributed by atoms with van der Waals surface area (Å²) in [6.45, 7) is 11.7. The van der Waals surface area contributed by atoms with Crippen molar-refractivity contribution in [3.8, 4) is 5.75 Å². The van der Waals surface area contributed by atoms with Gasteiger partial charge in [-0.2, -0.15) is 0 Å². The molecular weight excluding hydrogens is 472 g/mol. The van der Waals surface area contributed by atoms with Gasteiger partial charge in [-0.05, 0) is 42.3 Å². The fourth-order valence-electron chi connectivity index (χ4n) is 4.73. The molecule has 5 rings (SSSR count). The molecule has 2 saturated heterocycles. The minimum atomic E-state index is 0.767. The predicted octanol–water partition coefficient (Wildman–Crippen LogP) is 4.34. The number of hydrogen-bond acceptors (Lipinski definition) is 8. The zero-order chi connectivity index (χ0) is 24.7. The van der Waals surface area contributed by atoms with Crippen molar-refractivity contribution >= 4 is 22.2 Å². The minimum Gasteiger partial charge on any atom is -0.497 e. The maximum atomic E-state index is 5.55. The first-order chi connectivity index (χ1) is 17.7. The monoisotopic (exact) mass is 508 g/mol. The summed E-state index contributed by atoms with van der Waals surface area (Å²) >= 11 is 1.82. The van der Waals surface area contributed by atoms with Crippen LogP contribution in [0.5, 0.6) is 5.75 Å². The Morgan fingerprint density at radius 3 is 2.31 bits per heavy atom. The normalized spacial score (nSPS) is 16.8. The van der Waals surface area contributed by atoms with E-state index in [0.29, 0.717) is 0 Å². The molecule has 0 spiro atoms. The number of nitrogens with zero attached hydrogens (tertiary/aromatic N) is 4. The van der Waals surface area contributed by atoms with Gasteiger partial charge < -0.3 is 24.0 Å². The summed E-state index contributed by atoms with van der Waals surface area (Å²) in [5.41, 5.74) is 4.88. The quantitative estimate of drug-likeness (QED) is 0.426. The summed E-state index contributed by atoms with van der Waals surface area (Å²) in [7, 11) is 1.72. The fourth-order valence-corrected chi connectivity index (χ4v) is 5.83. The van der Waals surface area contributed by atoms with Crippen LogP contribution in [0, 0.1) is 6.92 Å². The number of rotatable bonds is 9. The smallest absolute Gasteiger partial charge is 0.186 e. The average molecular weight is 509 g/mol. The van der Waals surface area contributed by atoms with Gasteiger partial charge in [-0.25, -0.2) is 4.98 Å². The van der Waals surface area contributed by atoms with Crippen molar-refractivity contribution in [2.45, 2.75) is 26.6 Å². The third-order valence-corrected chi connectivity index (χ3v) is 7.99. The number of aromatic nitrogens is 1. The zero-order valence-corrected chi connectivity index (χ0v) is 22.1. The summed E-state index contributed by atoms with van der Waals surface area (Å²) in [5.74, 6) is 0.880. The van der Waals surface area contributed by atoms with Gasteiger partial charge in [0.25, 0.3) is 0 Å². The van der Waals surface area contributed by atoms with E-state index < -0.39 is 0 Å². The molecule has 0 atom stereocenters. The maximum absolute atomic E-state index is 5.55. The second-order valence-electron chi connectivity index (χ2n) is 9.37. The minimum absolute atomic E-state index is 0.767. The van der Waals surface area contributed by atoms with Gasteiger partial charge in [0.05, 0.1) is 39.2 Å². The van der Waals surface area contributed by atoms with Gasteiger partial charge >= 0.3 is 0 Å². The number of thiazole rings is 1. The highest BCUT2D eigenvalue weighted by Crippen LogP contribution is 2.31. The molecule has 1 aromatic heterocycles. The molecule has 0 radical (unpaired) electrons. The van der Waals surface area contributed by atoms with Crippen molar-refractivity contribution in [3.63, 3.8) is 0 Å². The van der Waals surface area contributed by atoms with Crippen LogP contribution in [0.15, 0.2) is 48.5 Å². The summed E-state index contributed by atoms with van der Waals surface area (Å²) in [4.78, 5) is 13.7. The van der Waals surface area contributed by atoms with Crippen LogP contribution in [0.25, 0.3) is 0 Å². The second kappa shape index (κ2) is 12.1. The average Bonchev–Trinajstić information content (AvgIpc) is 3.29. The van der Waals surface area contributed by atoms with Crippen molar-refractivity contribution in [2.24, 2.45) is 0 Å². The molecule has 3 aromatic rings. The van der Waals surface area contributed by atoms with Gasteiger partial charge in [-0.15, -0.1) is 11.3 Å². The Bertz CT molecular complexity index is 1130. The Morgan fingerprint density at radius 1 is 0.917 bits per heavy atom. The highest BCUT2D eigenvalue weighted by molar-refractivity contribution is 7.15. The maximum Gasteiger partial charge on any atom is 0.186 e. The summed E-state index contributed by atoms with van der Waals surface area (Å²) in [6.07, 6.45) is 0. The predicted molar refractivity (Wildman–Crippen MR) is 145 cm³/mol. The van der Waals surface area contributed by atoms with Crippen molar-refractivity contribution in [3.05, 3.63) is 70.2 Å². The van der Waals surface area contributed by atoms with E-state index in [2.05, 4.69) is 64.1 Å². The van der Waals surface area contributed by atoms with Gasteiger partial charge in [0.15, 0.2) is 5.13 Å². The van der Waals surface area contributed by atoms with Gasteiger partial charge in [0, 0.05) is 56.4 Å². The van der Waals surface area contributed by atoms with Crippen LogP contribution in [-0.4, -0.2) is 69.6 Å². The molecule has 7 nitrogen and oxygen atoms in total. The van der Waals surface area contributed by atoms with Gasteiger partial charge in [0.2, 0.25) is 0 Å². The molecule has 0 saturated carbocycles. The molecule has 8 heteroatoms. The molecular formula is C28H36N4O3S. The molecule has 0 N–H and O–H groups in total. The lowest BCUT2D eigenvalue weighted by molar-refractivity contribution is 0.0345. The zero-order valence-electron chi connectivity index (χ0n) is 21.3. The van der Waals surface area contributed by atoms with E-state index in [1.54, 1.807) is 7.11 Å². The SMILES string of the molecule is COc1cccc(CN(Cc2cccc(N3CCOCC3)c2)c2nc(C)c(CN3CCOCC3)s2)c1. The van der Waals surface area contributed by atoms with E-state index in [1.165, 1.54) is 21.7 Å². The molecule has 3 heterocycles. The standard InChI is InChI=1S/C28H36N4O3S/c1-22-27(21-30-9-13-34-14-10-30)36-28(29-22)32(20-24-6-4-8-26(18-24)33-2)19-23-5-3-7-25(17-23)31-11-15-35-16-12-31/h3-8,17-18H,9-16,19-21H2,1-2H3. The lowest BCUT2D eigenvalue weighted by Gasteiger charge is -2.29. The Morgan fingerprint density at radius 2 is 1.58 bits per heavy atom. The third kappa shape index (κ3) is 6.37. The Hall–Kier alpha value is -2.65. The molecule has 2 aromatic carbocycles. The first-order valence-corrected chi connectivity index (χ1v) is 13.6. The van der Waals surface area contributed by atoms with E-state index in [1.807, 2.05) is 17.4 Å². The van der Waals surface area contributed by atoms with Crippen molar-refractivity contribution < 1.29 is 14.2 Å². The molecule has 36 heavy (non-hydrogen) atoms. The summed E-state index contributed by atoms with van der Waals surface area (Å²) in [6, 6.07) is 17.2. The molecule has 2 aliphatic heterocycles. The van der Waals surface area contributed by atoms with Gasteiger partial charge in [0.1, 0.15) is 5.75 Å². The van der Waals surface area contributed by atoms with E-state index in [4.69, 9.17) is 19.2 Å². The van der Waals surface area contributed by atoms with E-state index in [0.717, 1.165) is 88.8 Å². The van der Waals surface area contributed by atoms with E-state index in [-0.39, 0.29) is 0 Å². The van der Waals surface area contributed by atoms with Crippen LogP contribution in [0.3, 0.4) is 0 Å². The van der Waals surface area contributed by atoms with Crippen molar-refractivity contribution in [1.29, 1.82) is 0 Å². The molecule has 0 aliphatic carbocycles. The molecule has 0 amide bonds. The summed E-state index contributed by atoms with van der Waals surface area (Å²) < 4.78 is 16.6. The molecule has 2 fully saturated rings. The molecule has 0 unspecified atom stereocenters. The Kier molecular flexibility index (Phi) is 8.38. The second-order valence-corrected chi connectivity index (χ2v) is 10.4. The van der Waals surface area contributed by atoms with E-state index >= 15 is 0 Å². The van der Waals surface area contributed by atoms with Gasteiger partial charge in [-0.3, -0.25) is 4.90 Å². The highest BCUT2D eigenvalue weighted by Gasteiger charge is 2.19. The fraction of sp³-hybridized carbons (Fsp3) is 0.464. The lowest BCUT2D eigenvalue weighted by atomic mass is 10.1. The van der Waals surface area contributed by atoms with Crippen LogP contribution in [0.4, 0.5) is 10.8 Å². The number of benzene rings is 2. The largest absolute Gasteiger partial charge is 0.497 e. The van der Waals surface area contributed by atoms with Crippen LogP contribution in [-0.2, 0) is 29.1 Å². The number of morpholine rings is 2. The molecule has 192 valence electrons. The topological polar surface area (TPSA) is 50.3 Å². The first-order valence-electron chi connectivity index (χ1n) is 12.7. The number of anilines is 2. The molecule has 0 bridgehead atoms. The first kappa shape index (κ1) is 25.0. The Labute approximate surface area is 218 Å². The summed E-state index contributed by atoms with van der Waals surface area (Å²) in [5, 5.41) is 1.07. The number of hydrogen-bond donors (Lipinski definition) is 0. The van der Waals surface area contributed by atoms with Crippen LogP contribution in [0.1, 0.15) is 21.7 Å². The van der Waals surface area contributed by atoms with Crippen LogP contribution < -0.4 is 14.5 Å². The van der Waals surface area contributed by atoms with Crippen molar-refractivity contribution in [2.75, 3.05) is 69.5 Å². The molecule has 2 aliphatic rings. The van der Waals surface area contributed by atoms with Gasteiger partial charge in [-0.1, -0.05) is 24.3 Å². The highest BCUT2D eigenvalue weighted by atomic mass is 32.1. The third-order valence-electron chi connectivity index (χ3n) is 6.79.